The van der Waals surface area contributed by atoms with Crippen molar-refractivity contribution in [2.75, 3.05) is 18.0 Å². The number of ether oxygens (including phenoxy) is 1. The van der Waals surface area contributed by atoms with Crippen molar-refractivity contribution in [1.82, 2.24) is 10.3 Å². The van der Waals surface area contributed by atoms with Gasteiger partial charge in [-0.3, -0.25) is 4.79 Å². The van der Waals surface area contributed by atoms with Crippen molar-refractivity contribution in [3.8, 4) is 5.75 Å². The molecule has 0 saturated carbocycles. The molecule has 1 atom stereocenters. The van der Waals surface area contributed by atoms with Gasteiger partial charge in [-0.05, 0) is 30.7 Å². The van der Waals surface area contributed by atoms with Crippen LogP contribution in [0, 0.1) is 5.82 Å². The highest BCUT2D eigenvalue weighted by Gasteiger charge is 2.38. The fraction of sp³-hybridized carbons (Fsp3) is 0.368. The highest BCUT2D eigenvalue weighted by molar-refractivity contribution is 5.73. The number of nitrogens with zero attached hydrogens (tertiary/aromatic N) is 2. The summed E-state index contributed by atoms with van der Waals surface area (Å²) >= 11 is 0. The Morgan fingerprint density at radius 1 is 1.25 bits per heavy atom. The summed E-state index contributed by atoms with van der Waals surface area (Å²) in [6.07, 6.45) is -4.10. The van der Waals surface area contributed by atoms with Gasteiger partial charge in [0.2, 0.25) is 5.91 Å². The number of halogens is 4. The van der Waals surface area contributed by atoms with E-state index in [1.807, 2.05) is 19.1 Å². The number of pyridine rings is 1. The van der Waals surface area contributed by atoms with Gasteiger partial charge in [-0.2, -0.15) is 13.2 Å². The first kappa shape index (κ1) is 19.9. The second-order valence-electron chi connectivity index (χ2n) is 6.63. The van der Waals surface area contributed by atoms with Gasteiger partial charge in [-0.1, -0.05) is 12.1 Å². The zero-order chi connectivity index (χ0) is 20.5. The number of carbonyl (C=O) groups is 1. The molecule has 1 aliphatic heterocycles. The van der Waals surface area contributed by atoms with Gasteiger partial charge in [-0.25, -0.2) is 9.37 Å². The normalized spacial score (nSPS) is 15.7. The van der Waals surface area contributed by atoms with E-state index in [9.17, 15) is 22.4 Å². The molecule has 3 rings (SSSR count). The van der Waals surface area contributed by atoms with Crippen LogP contribution in [-0.2, 0) is 11.0 Å². The average Bonchev–Trinajstić information content (AvgIpc) is 2.57. The van der Waals surface area contributed by atoms with E-state index >= 15 is 0 Å². The third-order valence-electron chi connectivity index (χ3n) is 4.43. The molecule has 28 heavy (non-hydrogen) atoms. The Morgan fingerprint density at radius 3 is 2.46 bits per heavy atom. The molecule has 0 aliphatic carbocycles. The summed E-state index contributed by atoms with van der Waals surface area (Å²) in [5.74, 6) is -1.24. The fourth-order valence-corrected chi connectivity index (χ4v) is 2.97. The molecule has 1 aromatic carbocycles. The summed E-state index contributed by atoms with van der Waals surface area (Å²) < 4.78 is 58.3. The molecule has 2 aromatic rings. The second-order valence-corrected chi connectivity index (χ2v) is 6.63. The largest absolute Gasteiger partial charge is 0.487 e. The smallest absolute Gasteiger partial charge is 0.419 e. The standard InChI is InChI=1S/C19H19F4N3O2/c1-11(25-12(2)27)13-3-5-14(6-4-13)28-15-9-26(10-15)18-17(20)16(7-8-24-18)19(21,22)23/h3-8,11,15H,9-10H2,1-2H3,(H,25,27). The number of hydrogen-bond donors (Lipinski definition) is 1. The van der Waals surface area contributed by atoms with Gasteiger partial charge in [0.1, 0.15) is 11.9 Å². The number of rotatable bonds is 5. The third kappa shape index (κ3) is 4.35. The van der Waals surface area contributed by atoms with Gasteiger partial charge in [-0.15, -0.1) is 0 Å². The molecule has 9 heteroatoms. The van der Waals surface area contributed by atoms with E-state index in [4.69, 9.17) is 4.74 Å². The summed E-state index contributed by atoms with van der Waals surface area (Å²) in [6, 6.07) is 7.62. The van der Waals surface area contributed by atoms with Crippen molar-refractivity contribution in [2.24, 2.45) is 0 Å². The maximum Gasteiger partial charge on any atom is 0.419 e. The first-order chi connectivity index (χ1) is 13.1. The lowest BCUT2D eigenvalue weighted by Gasteiger charge is -2.40. The number of amides is 1. The minimum Gasteiger partial charge on any atom is -0.487 e. The second kappa shape index (κ2) is 7.65. The van der Waals surface area contributed by atoms with Crippen LogP contribution in [0.25, 0.3) is 0 Å². The maximum atomic E-state index is 14.1. The molecule has 1 aromatic heterocycles. The number of nitrogens with one attached hydrogen (secondary N) is 1. The minimum atomic E-state index is -4.77. The molecule has 1 unspecified atom stereocenters. The van der Waals surface area contributed by atoms with Crippen molar-refractivity contribution in [2.45, 2.75) is 32.2 Å². The predicted molar refractivity (Wildman–Crippen MR) is 94.5 cm³/mol. The summed E-state index contributed by atoms with van der Waals surface area (Å²) in [7, 11) is 0. The average molecular weight is 397 g/mol. The topological polar surface area (TPSA) is 54.5 Å². The lowest BCUT2D eigenvalue weighted by atomic mass is 10.1. The fourth-order valence-electron chi connectivity index (χ4n) is 2.97. The molecule has 1 saturated heterocycles. The molecule has 0 bridgehead atoms. The highest BCUT2D eigenvalue weighted by Crippen LogP contribution is 2.35. The van der Waals surface area contributed by atoms with Gasteiger partial charge < -0.3 is 15.0 Å². The third-order valence-corrected chi connectivity index (χ3v) is 4.43. The van der Waals surface area contributed by atoms with E-state index in [1.54, 1.807) is 12.1 Å². The van der Waals surface area contributed by atoms with Crippen LogP contribution in [0.2, 0.25) is 0 Å². The summed E-state index contributed by atoms with van der Waals surface area (Å²) in [6.45, 7) is 3.76. The van der Waals surface area contributed by atoms with Crippen LogP contribution in [-0.4, -0.2) is 30.1 Å². The molecule has 1 amide bonds. The van der Waals surface area contributed by atoms with Gasteiger partial charge in [0.15, 0.2) is 11.6 Å². The molecule has 1 aliphatic rings. The molecule has 2 heterocycles. The van der Waals surface area contributed by atoms with Crippen LogP contribution in [0.3, 0.4) is 0 Å². The van der Waals surface area contributed by atoms with Gasteiger partial charge >= 0.3 is 6.18 Å². The Morgan fingerprint density at radius 2 is 1.89 bits per heavy atom. The minimum absolute atomic E-state index is 0.127. The number of anilines is 1. The van der Waals surface area contributed by atoms with Gasteiger partial charge in [0.25, 0.3) is 0 Å². The molecule has 0 radical (unpaired) electrons. The number of hydrogen-bond acceptors (Lipinski definition) is 4. The summed E-state index contributed by atoms with van der Waals surface area (Å²) in [4.78, 5) is 16.2. The van der Waals surface area contributed by atoms with E-state index in [2.05, 4.69) is 10.3 Å². The number of aromatic nitrogens is 1. The van der Waals surface area contributed by atoms with Gasteiger partial charge in [0.05, 0.1) is 24.7 Å². The Kier molecular flexibility index (Phi) is 5.44. The van der Waals surface area contributed by atoms with E-state index in [0.29, 0.717) is 11.8 Å². The molecular formula is C19H19F4N3O2. The van der Waals surface area contributed by atoms with Crippen LogP contribution in [0.4, 0.5) is 23.4 Å². The van der Waals surface area contributed by atoms with Crippen molar-refractivity contribution < 1.29 is 27.1 Å². The van der Waals surface area contributed by atoms with Crippen molar-refractivity contribution >= 4 is 11.7 Å². The Bertz CT molecular complexity index is 849. The highest BCUT2D eigenvalue weighted by atomic mass is 19.4. The molecular weight excluding hydrogens is 378 g/mol. The van der Waals surface area contributed by atoms with Crippen LogP contribution < -0.4 is 15.0 Å². The zero-order valence-electron chi connectivity index (χ0n) is 15.3. The van der Waals surface area contributed by atoms with Crippen molar-refractivity contribution in [3.05, 3.63) is 53.5 Å². The Balaban J connectivity index is 1.59. The number of benzene rings is 1. The maximum absolute atomic E-state index is 14.1. The Labute approximate surface area is 159 Å². The predicted octanol–water partition coefficient (Wildman–Crippen LogP) is 3.70. The lowest BCUT2D eigenvalue weighted by Crippen LogP contribution is -2.54. The zero-order valence-corrected chi connectivity index (χ0v) is 15.3. The first-order valence-electron chi connectivity index (χ1n) is 8.65. The van der Waals surface area contributed by atoms with Gasteiger partial charge in [0, 0.05) is 13.1 Å². The van der Waals surface area contributed by atoms with Crippen LogP contribution >= 0.6 is 0 Å². The monoisotopic (exact) mass is 397 g/mol. The van der Waals surface area contributed by atoms with Crippen molar-refractivity contribution in [1.29, 1.82) is 0 Å². The van der Waals surface area contributed by atoms with Crippen LogP contribution in [0.1, 0.15) is 31.0 Å². The molecule has 0 spiro atoms. The Hall–Kier alpha value is -2.84. The van der Waals surface area contributed by atoms with E-state index < -0.39 is 17.6 Å². The van der Waals surface area contributed by atoms with Crippen LogP contribution in [0.5, 0.6) is 5.75 Å². The van der Waals surface area contributed by atoms with Crippen LogP contribution in [0.15, 0.2) is 36.5 Å². The van der Waals surface area contributed by atoms with Crippen molar-refractivity contribution in [3.63, 3.8) is 0 Å². The number of alkyl halides is 3. The summed E-state index contributed by atoms with van der Waals surface area (Å²) in [5, 5.41) is 2.78. The van der Waals surface area contributed by atoms with E-state index in [-0.39, 0.29) is 37.0 Å². The van der Waals surface area contributed by atoms with E-state index in [0.717, 1.165) is 11.8 Å². The molecule has 150 valence electrons. The lowest BCUT2D eigenvalue weighted by molar-refractivity contribution is -0.140. The quantitative estimate of drug-likeness (QED) is 0.782. The first-order valence-corrected chi connectivity index (χ1v) is 8.65. The number of carbonyl (C=O) groups excluding carboxylic acids is 1. The summed E-state index contributed by atoms with van der Waals surface area (Å²) in [5.41, 5.74) is -0.418. The SMILES string of the molecule is CC(=O)NC(C)c1ccc(OC2CN(c3nccc(C(F)(F)F)c3F)C2)cc1. The molecule has 1 N–H and O–H groups in total. The van der Waals surface area contributed by atoms with E-state index in [1.165, 1.54) is 11.8 Å². The molecule has 5 nitrogen and oxygen atoms in total. The molecule has 1 fully saturated rings.